The van der Waals surface area contributed by atoms with E-state index in [4.69, 9.17) is 4.74 Å². The molecule has 0 aliphatic carbocycles. The van der Waals surface area contributed by atoms with Crippen molar-refractivity contribution in [2.24, 2.45) is 0 Å². The van der Waals surface area contributed by atoms with Crippen molar-refractivity contribution in [3.05, 3.63) is 5.01 Å². The average molecular weight is 371 g/mol. The van der Waals surface area contributed by atoms with Crippen LogP contribution < -0.4 is 16.0 Å². The van der Waals surface area contributed by atoms with E-state index >= 15 is 0 Å². The van der Waals surface area contributed by atoms with Crippen LogP contribution in [0.4, 0.5) is 9.93 Å². The lowest BCUT2D eigenvalue weighted by Gasteiger charge is -2.16. The lowest BCUT2D eigenvalue weighted by atomic mass is 10.0. The maximum Gasteiger partial charge on any atom is 0.315 e. The molecule has 0 radical (unpaired) electrons. The molecule has 8 nitrogen and oxygen atoms in total. The molecule has 3 rings (SSSR count). The predicted octanol–water partition coefficient (Wildman–Crippen LogP) is 1.35. The number of carbonyl (C=O) groups is 2. The molecule has 2 aliphatic heterocycles. The van der Waals surface area contributed by atoms with Crippen LogP contribution in [0.3, 0.4) is 0 Å². The zero-order valence-corrected chi connectivity index (χ0v) is 15.0. The molecule has 3 amide bonds. The molecule has 3 unspecified atom stereocenters. The van der Waals surface area contributed by atoms with Gasteiger partial charge in [-0.2, -0.15) is 11.8 Å². The second-order valence-electron chi connectivity index (χ2n) is 5.85. The molecule has 3 N–H and O–H groups in total. The highest BCUT2D eigenvalue weighted by molar-refractivity contribution is 8.00. The number of nitrogens with zero attached hydrogens (tertiary/aromatic N) is 2. The Morgan fingerprint density at radius 1 is 1.38 bits per heavy atom. The van der Waals surface area contributed by atoms with Gasteiger partial charge in [-0.3, -0.25) is 4.79 Å². The third kappa shape index (κ3) is 4.37. The molecule has 2 saturated heterocycles. The van der Waals surface area contributed by atoms with Crippen LogP contribution in [0.25, 0.3) is 0 Å². The fraction of sp³-hybridized carbons (Fsp3) is 0.714. The molecule has 1 aromatic rings. The number of ether oxygens (including phenoxy) is 1. The first kappa shape index (κ1) is 17.4. The van der Waals surface area contributed by atoms with Gasteiger partial charge in [0.05, 0.1) is 12.1 Å². The largest absolute Gasteiger partial charge is 0.377 e. The molecule has 0 aromatic carbocycles. The van der Waals surface area contributed by atoms with Gasteiger partial charge in [-0.1, -0.05) is 17.8 Å². The maximum absolute atomic E-state index is 11.9. The number of nitrogens with one attached hydrogen (secondary N) is 3. The van der Waals surface area contributed by atoms with Gasteiger partial charge in [0.25, 0.3) is 0 Å². The van der Waals surface area contributed by atoms with Crippen LogP contribution in [0, 0.1) is 0 Å². The van der Waals surface area contributed by atoms with Crippen molar-refractivity contribution in [3.63, 3.8) is 0 Å². The number of fused-ring (bicyclic) bond motifs is 1. The number of urea groups is 1. The highest BCUT2D eigenvalue weighted by Crippen LogP contribution is 2.33. The second-order valence-corrected chi connectivity index (χ2v) is 8.18. The van der Waals surface area contributed by atoms with E-state index < -0.39 is 0 Å². The van der Waals surface area contributed by atoms with Gasteiger partial charge in [0.2, 0.25) is 11.0 Å². The zero-order valence-electron chi connectivity index (χ0n) is 13.4. The Labute approximate surface area is 148 Å². The number of hydrogen-bond acceptors (Lipinski definition) is 7. The summed E-state index contributed by atoms with van der Waals surface area (Å²) in [5.41, 5.74) is 0. The number of anilines is 1. The lowest BCUT2D eigenvalue weighted by Crippen LogP contribution is -2.36. The van der Waals surface area contributed by atoms with Crippen LogP contribution in [-0.2, 0) is 16.1 Å². The van der Waals surface area contributed by atoms with Gasteiger partial charge in [-0.05, 0) is 12.8 Å². The third-order valence-electron chi connectivity index (χ3n) is 4.06. The molecule has 24 heavy (non-hydrogen) atoms. The molecular formula is C14H21N5O3S2. The van der Waals surface area contributed by atoms with E-state index in [0.29, 0.717) is 23.4 Å². The van der Waals surface area contributed by atoms with Gasteiger partial charge >= 0.3 is 6.03 Å². The summed E-state index contributed by atoms with van der Waals surface area (Å²) in [6.07, 6.45) is 3.27. The minimum absolute atomic E-state index is 0.0390. The summed E-state index contributed by atoms with van der Waals surface area (Å²) in [4.78, 5) is 23.3. The standard InChI is InChI=1S/C14H21N5O3S2/c1-22-6-11-18-19-14(24-11)16-10(20)5-3-2-4-9-12-8(7-23-9)15-13(21)17-12/h8-9,12H,2-7H2,1H3,(H2,15,17,21)(H,16,19,20). The molecule has 0 saturated carbocycles. The van der Waals surface area contributed by atoms with Crippen molar-refractivity contribution >= 4 is 40.2 Å². The Hall–Kier alpha value is -1.39. The number of rotatable bonds is 8. The zero-order chi connectivity index (χ0) is 16.9. The number of hydrogen-bond donors (Lipinski definition) is 3. The van der Waals surface area contributed by atoms with Gasteiger partial charge in [-0.25, -0.2) is 4.79 Å². The summed E-state index contributed by atoms with van der Waals surface area (Å²) < 4.78 is 4.97. The monoisotopic (exact) mass is 371 g/mol. The molecule has 132 valence electrons. The molecule has 10 heteroatoms. The van der Waals surface area contributed by atoms with Gasteiger partial charge in [0.1, 0.15) is 11.6 Å². The van der Waals surface area contributed by atoms with Crippen LogP contribution in [-0.4, -0.2) is 52.3 Å². The van der Waals surface area contributed by atoms with Gasteiger partial charge in [0, 0.05) is 24.5 Å². The summed E-state index contributed by atoms with van der Waals surface area (Å²) in [5, 5.41) is 18.2. The first-order valence-corrected chi connectivity index (χ1v) is 9.82. The summed E-state index contributed by atoms with van der Waals surface area (Å²) >= 11 is 3.23. The summed E-state index contributed by atoms with van der Waals surface area (Å²) in [6.45, 7) is 0.403. The van der Waals surface area contributed by atoms with Crippen LogP contribution >= 0.6 is 23.1 Å². The Bertz CT molecular complexity index is 597. The Morgan fingerprint density at radius 3 is 3.08 bits per heavy atom. The van der Waals surface area contributed by atoms with Crippen LogP contribution in [0.1, 0.15) is 30.7 Å². The van der Waals surface area contributed by atoms with E-state index in [-0.39, 0.29) is 24.0 Å². The van der Waals surface area contributed by atoms with E-state index in [1.165, 1.54) is 11.3 Å². The molecule has 3 atom stereocenters. The minimum Gasteiger partial charge on any atom is -0.377 e. The van der Waals surface area contributed by atoms with E-state index in [9.17, 15) is 9.59 Å². The molecule has 3 heterocycles. The normalized spacial score (nSPS) is 25.2. The molecule has 2 aliphatic rings. The number of unbranched alkanes of at least 4 members (excludes halogenated alkanes) is 1. The first-order chi connectivity index (χ1) is 11.7. The van der Waals surface area contributed by atoms with Crippen LogP contribution in [0.5, 0.6) is 0 Å². The number of amides is 3. The maximum atomic E-state index is 11.9. The molecule has 1 aromatic heterocycles. The molecule has 2 fully saturated rings. The number of carbonyl (C=O) groups excluding carboxylic acids is 2. The first-order valence-electron chi connectivity index (χ1n) is 7.95. The Balaban J connectivity index is 1.33. The minimum atomic E-state index is -0.0559. The summed E-state index contributed by atoms with van der Waals surface area (Å²) in [7, 11) is 1.59. The molecule has 0 spiro atoms. The lowest BCUT2D eigenvalue weighted by molar-refractivity contribution is -0.116. The molecular weight excluding hydrogens is 350 g/mol. The van der Waals surface area contributed by atoms with Crippen molar-refractivity contribution in [1.29, 1.82) is 0 Å². The highest BCUT2D eigenvalue weighted by atomic mass is 32.2. The molecule has 0 bridgehead atoms. The fourth-order valence-corrected chi connectivity index (χ4v) is 5.21. The second kappa shape index (κ2) is 8.13. The van der Waals surface area contributed by atoms with Crippen molar-refractivity contribution in [1.82, 2.24) is 20.8 Å². The van der Waals surface area contributed by atoms with E-state index in [2.05, 4.69) is 26.1 Å². The van der Waals surface area contributed by atoms with E-state index in [1.54, 1.807) is 7.11 Å². The van der Waals surface area contributed by atoms with Crippen molar-refractivity contribution < 1.29 is 14.3 Å². The SMILES string of the molecule is COCc1nnc(NC(=O)CCCCC2SCC3NC(=O)NC32)s1. The quantitative estimate of drug-likeness (QED) is 0.471. The summed E-state index contributed by atoms with van der Waals surface area (Å²) in [6, 6.07) is 0.436. The summed E-state index contributed by atoms with van der Waals surface area (Å²) in [5.74, 6) is 0.929. The smallest absolute Gasteiger partial charge is 0.315 e. The Morgan fingerprint density at radius 2 is 2.25 bits per heavy atom. The highest BCUT2D eigenvalue weighted by Gasteiger charge is 2.42. The Kier molecular flexibility index (Phi) is 5.90. The van der Waals surface area contributed by atoms with Crippen LogP contribution in [0.15, 0.2) is 0 Å². The number of methoxy groups -OCH3 is 1. The van der Waals surface area contributed by atoms with Gasteiger partial charge in [0.15, 0.2) is 0 Å². The van der Waals surface area contributed by atoms with E-state index in [1.807, 2.05) is 11.8 Å². The third-order valence-corrected chi connectivity index (χ3v) is 6.38. The van der Waals surface area contributed by atoms with Crippen molar-refractivity contribution in [2.75, 3.05) is 18.2 Å². The number of aromatic nitrogens is 2. The predicted molar refractivity (Wildman–Crippen MR) is 93.2 cm³/mol. The topological polar surface area (TPSA) is 105 Å². The van der Waals surface area contributed by atoms with Gasteiger partial charge in [-0.15, -0.1) is 10.2 Å². The van der Waals surface area contributed by atoms with Crippen LogP contribution in [0.2, 0.25) is 0 Å². The van der Waals surface area contributed by atoms with Crippen molar-refractivity contribution in [2.45, 2.75) is 49.6 Å². The number of thioether (sulfide) groups is 1. The van der Waals surface area contributed by atoms with Gasteiger partial charge < -0.3 is 20.7 Å². The average Bonchev–Trinajstić information content (AvgIpc) is 3.21. The fourth-order valence-electron chi connectivity index (χ4n) is 2.94. The van der Waals surface area contributed by atoms with E-state index in [0.717, 1.165) is 30.0 Å². The van der Waals surface area contributed by atoms with Crippen molar-refractivity contribution in [3.8, 4) is 0 Å².